The highest BCUT2D eigenvalue weighted by atomic mass is 79.9. The van der Waals surface area contributed by atoms with Crippen LogP contribution in [0.1, 0.15) is 16.8 Å². The number of anilines is 1. The Morgan fingerprint density at radius 3 is 2.50 bits per heavy atom. The van der Waals surface area contributed by atoms with Gasteiger partial charge in [-0.05, 0) is 45.3 Å². The summed E-state index contributed by atoms with van der Waals surface area (Å²) in [6.07, 6.45) is 0.999. The molecule has 0 aliphatic rings. The van der Waals surface area contributed by atoms with Gasteiger partial charge in [0.15, 0.2) is 0 Å². The predicted molar refractivity (Wildman–Crippen MR) is 77.5 cm³/mol. The maximum Gasteiger partial charge on any atom is 0.337 e. The van der Waals surface area contributed by atoms with Crippen molar-refractivity contribution in [2.75, 3.05) is 39.1 Å². The van der Waals surface area contributed by atoms with E-state index in [1.165, 1.54) is 0 Å². The molecule has 0 saturated heterocycles. The molecule has 0 radical (unpaired) electrons. The largest absolute Gasteiger partial charge is 0.478 e. The number of hydrogen-bond donors (Lipinski definition) is 1. The molecule has 100 valence electrons. The summed E-state index contributed by atoms with van der Waals surface area (Å²) in [5.41, 5.74) is 1.08. The second-order valence-corrected chi connectivity index (χ2v) is 5.46. The van der Waals surface area contributed by atoms with Gasteiger partial charge in [0.1, 0.15) is 0 Å². The van der Waals surface area contributed by atoms with Crippen LogP contribution >= 0.6 is 15.9 Å². The predicted octanol–water partition coefficient (Wildman–Crippen LogP) is 2.54. The van der Waals surface area contributed by atoms with Gasteiger partial charge in [-0.25, -0.2) is 4.79 Å². The average Bonchev–Trinajstić information content (AvgIpc) is 2.28. The number of rotatable bonds is 6. The summed E-state index contributed by atoms with van der Waals surface area (Å²) in [4.78, 5) is 15.3. The van der Waals surface area contributed by atoms with E-state index in [4.69, 9.17) is 0 Å². The molecule has 0 fully saturated rings. The number of benzene rings is 1. The minimum absolute atomic E-state index is 0.330. The monoisotopic (exact) mass is 314 g/mol. The molecule has 1 aromatic carbocycles. The highest BCUT2D eigenvalue weighted by Gasteiger charge is 2.13. The van der Waals surface area contributed by atoms with Crippen LogP contribution in [0.4, 0.5) is 5.69 Å². The van der Waals surface area contributed by atoms with Gasteiger partial charge in [-0.3, -0.25) is 0 Å². The summed E-state index contributed by atoms with van der Waals surface area (Å²) in [5, 5.41) is 9.20. The number of aromatic carboxylic acids is 1. The molecular weight excluding hydrogens is 296 g/mol. The van der Waals surface area contributed by atoms with Gasteiger partial charge in [0.2, 0.25) is 0 Å². The molecule has 0 saturated carbocycles. The van der Waals surface area contributed by atoms with Crippen molar-refractivity contribution in [2.45, 2.75) is 6.42 Å². The van der Waals surface area contributed by atoms with E-state index in [1.54, 1.807) is 6.07 Å². The van der Waals surface area contributed by atoms with Crippen molar-refractivity contribution in [3.63, 3.8) is 0 Å². The van der Waals surface area contributed by atoms with E-state index in [0.717, 1.165) is 29.7 Å². The van der Waals surface area contributed by atoms with E-state index in [0.29, 0.717) is 5.56 Å². The zero-order valence-corrected chi connectivity index (χ0v) is 12.6. The van der Waals surface area contributed by atoms with Crippen LogP contribution in [-0.4, -0.2) is 50.2 Å². The average molecular weight is 315 g/mol. The third-order valence-electron chi connectivity index (χ3n) is 2.70. The summed E-state index contributed by atoms with van der Waals surface area (Å²) < 4.78 is 0.783. The normalized spacial score (nSPS) is 10.7. The summed E-state index contributed by atoms with van der Waals surface area (Å²) in [7, 11) is 5.98. The highest BCUT2D eigenvalue weighted by Crippen LogP contribution is 2.24. The first kappa shape index (κ1) is 15.0. The maximum absolute atomic E-state index is 11.2. The van der Waals surface area contributed by atoms with Gasteiger partial charge in [0, 0.05) is 18.1 Å². The fraction of sp³-hybridized carbons (Fsp3) is 0.462. The molecule has 0 aliphatic carbocycles. The van der Waals surface area contributed by atoms with Crippen molar-refractivity contribution in [3.05, 3.63) is 28.2 Å². The van der Waals surface area contributed by atoms with Crippen LogP contribution in [0.15, 0.2) is 22.7 Å². The first-order valence-corrected chi connectivity index (χ1v) is 6.60. The van der Waals surface area contributed by atoms with Crippen molar-refractivity contribution in [1.82, 2.24) is 4.90 Å². The van der Waals surface area contributed by atoms with E-state index < -0.39 is 5.97 Å². The smallest absolute Gasteiger partial charge is 0.337 e. The minimum atomic E-state index is -0.897. The molecule has 1 aromatic rings. The van der Waals surface area contributed by atoms with Crippen LogP contribution in [0.3, 0.4) is 0 Å². The van der Waals surface area contributed by atoms with Crippen molar-refractivity contribution in [1.29, 1.82) is 0 Å². The van der Waals surface area contributed by atoms with Gasteiger partial charge < -0.3 is 14.9 Å². The number of carbonyl (C=O) groups is 1. The van der Waals surface area contributed by atoms with E-state index in [2.05, 4.69) is 20.8 Å². The second-order valence-electron chi connectivity index (χ2n) is 4.55. The van der Waals surface area contributed by atoms with Crippen molar-refractivity contribution in [2.24, 2.45) is 0 Å². The molecule has 0 amide bonds. The number of carboxylic acid groups (broad SMARTS) is 1. The van der Waals surface area contributed by atoms with Gasteiger partial charge in [-0.15, -0.1) is 0 Å². The molecule has 1 N–H and O–H groups in total. The van der Waals surface area contributed by atoms with Gasteiger partial charge in [0.25, 0.3) is 0 Å². The van der Waals surface area contributed by atoms with Crippen LogP contribution < -0.4 is 4.90 Å². The Morgan fingerprint density at radius 2 is 1.94 bits per heavy atom. The molecule has 0 heterocycles. The number of halogens is 1. The lowest BCUT2D eigenvalue weighted by Crippen LogP contribution is -2.24. The first-order chi connectivity index (χ1) is 8.41. The van der Waals surface area contributed by atoms with Gasteiger partial charge in [-0.1, -0.05) is 15.9 Å². The molecule has 0 aliphatic heterocycles. The first-order valence-electron chi connectivity index (χ1n) is 5.80. The van der Waals surface area contributed by atoms with E-state index >= 15 is 0 Å². The van der Waals surface area contributed by atoms with Crippen LogP contribution in [0.5, 0.6) is 0 Å². The van der Waals surface area contributed by atoms with Crippen LogP contribution in [0.2, 0.25) is 0 Å². The highest BCUT2D eigenvalue weighted by molar-refractivity contribution is 9.10. The van der Waals surface area contributed by atoms with Crippen LogP contribution in [0.25, 0.3) is 0 Å². The lowest BCUT2D eigenvalue weighted by molar-refractivity contribution is 0.0697. The second kappa shape index (κ2) is 6.75. The lowest BCUT2D eigenvalue weighted by Gasteiger charge is -2.22. The van der Waals surface area contributed by atoms with Gasteiger partial charge in [-0.2, -0.15) is 0 Å². The number of hydrogen-bond acceptors (Lipinski definition) is 3. The van der Waals surface area contributed by atoms with E-state index in [9.17, 15) is 9.90 Å². The van der Waals surface area contributed by atoms with Gasteiger partial charge >= 0.3 is 5.97 Å². The van der Waals surface area contributed by atoms with E-state index in [1.807, 2.05) is 38.2 Å². The Labute approximate surface area is 116 Å². The molecule has 4 nitrogen and oxygen atoms in total. The quantitative estimate of drug-likeness (QED) is 0.876. The van der Waals surface area contributed by atoms with Crippen molar-refractivity contribution >= 4 is 27.6 Å². The summed E-state index contributed by atoms with van der Waals surface area (Å²) in [6, 6.07) is 5.34. The number of carboxylic acids is 1. The SMILES string of the molecule is CN(C)CCCN(C)c1ccc(Br)cc1C(=O)O. The topological polar surface area (TPSA) is 43.8 Å². The zero-order valence-electron chi connectivity index (χ0n) is 11.0. The molecule has 0 spiro atoms. The zero-order chi connectivity index (χ0) is 13.7. The number of nitrogens with zero attached hydrogens (tertiary/aromatic N) is 2. The Balaban J connectivity index is 2.78. The Bertz CT molecular complexity index is 421. The standard InChI is InChI=1S/C13H19BrN2O2/c1-15(2)7-4-8-16(3)12-6-5-10(14)9-11(12)13(17)18/h5-6,9H,4,7-8H2,1-3H3,(H,17,18). The van der Waals surface area contributed by atoms with Gasteiger partial charge in [0.05, 0.1) is 11.3 Å². The van der Waals surface area contributed by atoms with Crippen LogP contribution in [0, 0.1) is 0 Å². The molecule has 18 heavy (non-hydrogen) atoms. The van der Waals surface area contributed by atoms with Crippen molar-refractivity contribution < 1.29 is 9.90 Å². The van der Waals surface area contributed by atoms with E-state index in [-0.39, 0.29) is 0 Å². The molecule has 0 bridgehead atoms. The third kappa shape index (κ3) is 4.31. The maximum atomic E-state index is 11.2. The van der Waals surface area contributed by atoms with Crippen molar-refractivity contribution in [3.8, 4) is 0 Å². The van der Waals surface area contributed by atoms with Crippen LogP contribution in [-0.2, 0) is 0 Å². The summed E-state index contributed by atoms with van der Waals surface area (Å²) in [5.74, 6) is -0.897. The fourth-order valence-corrected chi connectivity index (χ4v) is 2.12. The fourth-order valence-electron chi connectivity index (χ4n) is 1.76. The summed E-state index contributed by atoms with van der Waals surface area (Å²) in [6.45, 7) is 1.82. The summed E-state index contributed by atoms with van der Waals surface area (Å²) >= 11 is 3.30. The molecule has 5 heteroatoms. The molecule has 0 unspecified atom stereocenters. The Kier molecular flexibility index (Phi) is 5.62. The third-order valence-corrected chi connectivity index (χ3v) is 3.19. The molecule has 0 aromatic heterocycles. The molecule has 0 atom stereocenters. The Hall–Kier alpha value is -1.07. The molecule has 1 rings (SSSR count). The Morgan fingerprint density at radius 1 is 1.28 bits per heavy atom. The minimum Gasteiger partial charge on any atom is -0.478 e. The lowest BCUT2D eigenvalue weighted by atomic mass is 10.1. The molecular formula is C13H19BrN2O2.